The van der Waals surface area contributed by atoms with E-state index in [1.54, 1.807) is 12.1 Å². The summed E-state index contributed by atoms with van der Waals surface area (Å²) in [4.78, 5) is 14.7. The Hall–Kier alpha value is -1.93. The van der Waals surface area contributed by atoms with Gasteiger partial charge in [0.15, 0.2) is 0 Å². The number of hydrogen-bond donors (Lipinski definition) is 0. The van der Waals surface area contributed by atoms with E-state index in [4.69, 9.17) is 0 Å². The highest BCUT2D eigenvalue weighted by molar-refractivity contribution is 5.82. The first-order valence-electron chi connectivity index (χ1n) is 6.92. The lowest BCUT2D eigenvalue weighted by atomic mass is 9.88. The Bertz CT molecular complexity index is 720. The maximum Gasteiger partial charge on any atom is 0.235 e. The predicted octanol–water partition coefficient (Wildman–Crippen LogP) is 3.73. The number of aryl methyl sites for hydroxylation is 2. The Labute approximate surface area is 117 Å². The van der Waals surface area contributed by atoms with Gasteiger partial charge in [0, 0.05) is 29.2 Å². The van der Waals surface area contributed by atoms with Crippen molar-refractivity contribution in [2.45, 2.75) is 38.1 Å². The molecule has 104 valence electrons. The number of nitrogens with zero attached hydrogens (tertiary/aromatic N) is 2. The van der Waals surface area contributed by atoms with Gasteiger partial charge in [-0.15, -0.1) is 0 Å². The van der Waals surface area contributed by atoms with Gasteiger partial charge in [0.2, 0.25) is 6.08 Å². The second kappa shape index (κ2) is 4.57. The molecule has 1 fully saturated rings. The molecule has 0 saturated heterocycles. The Morgan fingerprint density at radius 3 is 2.65 bits per heavy atom. The maximum atomic E-state index is 14.5. The first kappa shape index (κ1) is 13.1. The van der Waals surface area contributed by atoms with E-state index >= 15 is 0 Å². The molecule has 1 saturated carbocycles. The SMILES string of the molecule is Cc1cc2cc(F)c(C3(N=C=O)CCCC3)cc2n1C. The molecule has 3 nitrogen and oxygen atoms in total. The minimum Gasteiger partial charge on any atom is -0.348 e. The maximum absolute atomic E-state index is 14.5. The molecule has 1 aliphatic carbocycles. The van der Waals surface area contributed by atoms with Crippen LogP contribution < -0.4 is 0 Å². The minimum absolute atomic E-state index is 0.274. The number of aromatic nitrogens is 1. The standard InChI is InChI=1S/C16H17FN2O/c1-11-7-12-8-14(17)13(9-15(12)19(11)2)16(18-10-20)5-3-4-6-16/h7-9H,3-6H2,1-2H3. The molecule has 0 unspecified atom stereocenters. The summed E-state index contributed by atoms with van der Waals surface area (Å²) in [6.45, 7) is 1.99. The average molecular weight is 272 g/mol. The monoisotopic (exact) mass is 272 g/mol. The summed E-state index contributed by atoms with van der Waals surface area (Å²) in [5, 5.41) is 0.884. The highest BCUT2D eigenvalue weighted by atomic mass is 19.1. The summed E-state index contributed by atoms with van der Waals surface area (Å²) in [5.74, 6) is -0.274. The van der Waals surface area contributed by atoms with Gasteiger partial charge < -0.3 is 4.57 Å². The quantitative estimate of drug-likeness (QED) is 0.606. The molecule has 1 aliphatic rings. The Balaban J connectivity index is 2.27. The molecular formula is C16H17FN2O. The van der Waals surface area contributed by atoms with Crippen LogP contribution in [0.25, 0.3) is 10.9 Å². The zero-order chi connectivity index (χ0) is 14.3. The van der Waals surface area contributed by atoms with Crippen LogP contribution in [0.3, 0.4) is 0 Å². The van der Waals surface area contributed by atoms with E-state index in [9.17, 15) is 9.18 Å². The molecule has 2 aromatic rings. The highest BCUT2D eigenvalue weighted by Crippen LogP contribution is 2.44. The van der Waals surface area contributed by atoms with Crippen LogP contribution in [0.5, 0.6) is 0 Å². The zero-order valence-corrected chi connectivity index (χ0v) is 11.7. The van der Waals surface area contributed by atoms with Crippen LogP contribution in [0.2, 0.25) is 0 Å². The Morgan fingerprint density at radius 2 is 2.00 bits per heavy atom. The average Bonchev–Trinajstić information content (AvgIpc) is 2.97. The fraction of sp³-hybridized carbons (Fsp3) is 0.438. The van der Waals surface area contributed by atoms with Crippen molar-refractivity contribution in [2.24, 2.45) is 12.0 Å². The van der Waals surface area contributed by atoms with Gasteiger partial charge in [-0.1, -0.05) is 12.8 Å². The lowest BCUT2D eigenvalue weighted by molar-refractivity contribution is 0.431. The van der Waals surface area contributed by atoms with Crippen LogP contribution in [0, 0.1) is 12.7 Å². The molecule has 0 spiro atoms. The fourth-order valence-electron chi connectivity index (χ4n) is 3.34. The predicted molar refractivity (Wildman–Crippen MR) is 75.9 cm³/mol. The third kappa shape index (κ3) is 1.80. The summed E-state index contributed by atoms with van der Waals surface area (Å²) < 4.78 is 16.5. The number of aliphatic imine (C=N–C) groups is 1. The minimum atomic E-state index is -0.710. The number of rotatable bonds is 2. The van der Waals surface area contributed by atoms with Crippen LogP contribution >= 0.6 is 0 Å². The molecule has 0 bridgehead atoms. The van der Waals surface area contributed by atoms with Gasteiger partial charge in [-0.2, -0.15) is 4.99 Å². The zero-order valence-electron chi connectivity index (χ0n) is 11.7. The topological polar surface area (TPSA) is 34.4 Å². The number of benzene rings is 1. The van der Waals surface area contributed by atoms with Gasteiger partial charge >= 0.3 is 0 Å². The normalized spacial score (nSPS) is 17.4. The van der Waals surface area contributed by atoms with Gasteiger partial charge in [0.05, 0.1) is 0 Å². The van der Waals surface area contributed by atoms with Crippen molar-refractivity contribution in [1.29, 1.82) is 0 Å². The number of fused-ring (bicyclic) bond motifs is 1. The van der Waals surface area contributed by atoms with Gasteiger partial charge in [-0.25, -0.2) is 9.18 Å². The molecule has 0 aliphatic heterocycles. The first-order valence-corrected chi connectivity index (χ1v) is 6.92. The summed E-state index contributed by atoms with van der Waals surface area (Å²) in [5.41, 5.74) is 1.88. The van der Waals surface area contributed by atoms with Crippen molar-refractivity contribution >= 4 is 17.0 Å². The van der Waals surface area contributed by atoms with E-state index in [-0.39, 0.29) is 5.82 Å². The fourth-order valence-corrected chi connectivity index (χ4v) is 3.34. The molecule has 3 rings (SSSR count). The second-order valence-electron chi connectivity index (χ2n) is 5.68. The van der Waals surface area contributed by atoms with Crippen LogP contribution in [-0.4, -0.2) is 10.6 Å². The number of carbonyl (C=O) groups excluding carboxylic acids is 1. The lowest BCUT2D eigenvalue weighted by Gasteiger charge is -2.23. The Morgan fingerprint density at radius 1 is 1.30 bits per heavy atom. The molecule has 20 heavy (non-hydrogen) atoms. The van der Waals surface area contributed by atoms with Crippen LogP contribution in [-0.2, 0) is 17.4 Å². The molecule has 0 atom stereocenters. The van der Waals surface area contributed by atoms with E-state index in [1.807, 2.05) is 30.7 Å². The van der Waals surface area contributed by atoms with Crippen molar-refractivity contribution in [3.8, 4) is 0 Å². The summed E-state index contributed by atoms with van der Waals surface area (Å²) >= 11 is 0. The molecular weight excluding hydrogens is 255 g/mol. The summed E-state index contributed by atoms with van der Waals surface area (Å²) in [6.07, 6.45) is 5.01. The molecule has 4 heteroatoms. The van der Waals surface area contributed by atoms with E-state index in [2.05, 4.69) is 4.99 Å². The molecule has 1 aromatic carbocycles. The van der Waals surface area contributed by atoms with E-state index < -0.39 is 5.54 Å². The third-order valence-corrected chi connectivity index (χ3v) is 4.56. The van der Waals surface area contributed by atoms with Crippen LogP contribution in [0.1, 0.15) is 36.9 Å². The van der Waals surface area contributed by atoms with Gasteiger partial charge in [0.25, 0.3) is 0 Å². The lowest BCUT2D eigenvalue weighted by Crippen LogP contribution is -2.20. The number of halogens is 1. The van der Waals surface area contributed by atoms with Crippen molar-refractivity contribution in [3.05, 3.63) is 35.3 Å². The van der Waals surface area contributed by atoms with Crippen molar-refractivity contribution < 1.29 is 9.18 Å². The largest absolute Gasteiger partial charge is 0.348 e. The molecule has 0 radical (unpaired) electrons. The number of isocyanates is 1. The number of hydrogen-bond acceptors (Lipinski definition) is 2. The molecule has 0 amide bonds. The highest BCUT2D eigenvalue weighted by Gasteiger charge is 2.38. The first-order chi connectivity index (χ1) is 9.57. The summed E-state index contributed by atoms with van der Waals surface area (Å²) in [6, 6.07) is 5.37. The summed E-state index contributed by atoms with van der Waals surface area (Å²) in [7, 11) is 1.96. The second-order valence-corrected chi connectivity index (χ2v) is 5.68. The van der Waals surface area contributed by atoms with Gasteiger partial charge in [-0.3, -0.25) is 0 Å². The molecule has 1 heterocycles. The van der Waals surface area contributed by atoms with E-state index in [1.165, 1.54) is 0 Å². The van der Waals surface area contributed by atoms with Crippen molar-refractivity contribution in [1.82, 2.24) is 4.57 Å². The van der Waals surface area contributed by atoms with Gasteiger partial charge in [-0.05, 0) is 38.0 Å². The third-order valence-electron chi connectivity index (χ3n) is 4.56. The molecule has 0 N–H and O–H groups in total. The van der Waals surface area contributed by atoms with Crippen molar-refractivity contribution in [2.75, 3.05) is 0 Å². The van der Waals surface area contributed by atoms with E-state index in [0.717, 1.165) is 29.4 Å². The van der Waals surface area contributed by atoms with E-state index in [0.29, 0.717) is 18.4 Å². The Kier molecular flexibility index (Phi) is 2.98. The molecule has 1 aromatic heterocycles. The van der Waals surface area contributed by atoms with Crippen LogP contribution in [0.15, 0.2) is 23.2 Å². The smallest absolute Gasteiger partial charge is 0.235 e. The van der Waals surface area contributed by atoms with Crippen LogP contribution in [0.4, 0.5) is 4.39 Å². The van der Waals surface area contributed by atoms with Gasteiger partial charge in [0.1, 0.15) is 11.4 Å². The van der Waals surface area contributed by atoms with Crippen molar-refractivity contribution in [3.63, 3.8) is 0 Å².